The van der Waals surface area contributed by atoms with Gasteiger partial charge in [0.1, 0.15) is 0 Å². The third-order valence-corrected chi connectivity index (χ3v) is 5.59. The number of amides is 1. The molecule has 0 saturated carbocycles. The Hall–Kier alpha value is -2.09. The zero-order chi connectivity index (χ0) is 18.6. The van der Waals surface area contributed by atoms with E-state index in [1.807, 2.05) is 0 Å². The molecule has 0 bridgehead atoms. The van der Waals surface area contributed by atoms with E-state index in [1.165, 1.54) is 31.3 Å². The Labute approximate surface area is 152 Å². The zero-order valence-corrected chi connectivity index (χ0v) is 15.4. The maximum absolute atomic E-state index is 12.8. The Morgan fingerprint density at radius 1 is 1.24 bits per heavy atom. The standard InChI is InChI=1S/C17H19ClN2O4S/c1-12(11-21)19-17(22)13-5-3-8-16(9-13)25(23,24)20(2)15-7-4-6-14(18)10-15/h3-10,12,21H,11H2,1-2H3,(H,19,22). The smallest absolute Gasteiger partial charge is 0.264 e. The molecule has 134 valence electrons. The fourth-order valence-corrected chi connectivity index (χ4v) is 3.54. The summed E-state index contributed by atoms with van der Waals surface area (Å²) in [5, 5.41) is 12.0. The molecular formula is C17H19ClN2O4S. The number of halogens is 1. The van der Waals surface area contributed by atoms with Gasteiger partial charge in [-0.25, -0.2) is 8.42 Å². The number of carbonyl (C=O) groups is 1. The van der Waals surface area contributed by atoms with E-state index in [-0.39, 0.29) is 17.1 Å². The second-order valence-corrected chi connectivity index (χ2v) is 7.94. The van der Waals surface area contributed by atoms with Crippen LogP contribution < -0.4 is 9.62 Å². The monoisotopic (exact) mass is 382 g/mol. The number of benzene rings is 2. The van der Waals surface area contributed by atoms with Gasteiger partial charge in [0, 0.05) is 23.7 Å². The van der Waals surface area contributed by atoms with Crippen molar-refractivity contribution in [3.8, 4) is 0 Å². The molecule has 0 aromatic heterocycles. The molecule has 0 heterocycles. The normalized spacial score (nSPS) is 12.5. The van der Waals surface area contributed by atoms with Crippen LogP contribution in [0, 0.1) is 0 Å². The fraction of sp³-hybridized carbons (Fsp3) is 0.235. The summed E-state index contributed by atoms with van der Waals surface area (Å²) in [4.78, 5) is 12.1. The van der Waals surface area contributed by atoms with Crippen molar-refractivity contribution in [3.05, 3.63) is 59.1 Å². The van der Waals surface area contributed by atoms with Crippen molar-refractivity contribution in [1.82, 2.24) is 5.32 Å². The molecule has 25 heavy (non-hydrogen) atoms. The van der Waals surface area contributed by atoms with E-state index in [1.54, 1.807) is 31.2 Å². The highest BCUT2D eigenvalue weighted by Gasteiger charge is 2.22. The third-order valence-electron chi connectivity index (χ3n) is 3.58. The van der Waals surface area contributed by atoms with Gasteiger partial charge in [-0.15, -0.1) is 0 Å². The molecule has 2 rings (SSSR count). The third kappa shape index (κ3) is 4.50. The van der Waals surface area contributed by atoms with E-state index in [4.69, 9.17) is 16.7 Å². The van der Waals surface area contributed by atoms with Gasteiger partial charge in [0.2, 0.25) is 0 Å². The van der Waals surface area contributed by atoms with Gasteiger partial charge in [0.05, 0.1) is 17.2 Å². The molecular weight excluding hydrogens is 364 g/mol. The second kappa shape index (κ2) is 7.86. The van der Waals surface area contributed by atoms with Gasteiger partial charge in [0.25, 0.3) is 15.9 Å². The molecule has 2 aromatic carbocycles. The highest BCUT2D eigenvalue weighted by molar-refractivity contribution is 7.92. The van der Waals surface area contributed by atoms with E-state index < -0.39 is 22.0 Å². The van der Waals surface area contributed by atoms with E-state index >= 15 is 0 Å². The number of hydrogen-bond acceptors (Lipinski definition) is 4. The number of nitrogens with one attached hydrogen (secondary N) is 1. The van der Waals surface area contributed by atoms with Crippen LogP contribution in [0.4, 0.5) is 5.69 Å². The first-order chi connectivity index (χ1) is 11.8. The molecule has 1 unspecified atom stereocenters. The van der Waals surface area contributed by atoms with E-state index in [9.17, 15) is 13.2 Å². The zero-order valence-electron chi connectivity index (χ0n) is 13.8. The topological polar surface area (TPSA) is 86.7 Å². The van der Waals surface area contributed by atoms with Crippen molar-refractivity contribution in [1.29, 1.82) is 0 Å². The summed E-state index contributed by atoms with van der Waals surface area (Å²) in [5.41, 5.74) is 0.608. The SMILES string of the molecule is CC(CO)NC(=O)c1cccc(S(=O)(=O)N(C)c2cccc(Cl)c2)c1. The first-order valence-electron chi connectivity index (χ1n) is 7.52. The molecule has 0 aliphatic carbocycles. The molecule has 2 aromatic rings. The lowest BCUT2D eigenvalue weighted by Gasteiger charge is -2.20. The van der Waals surface area contributed by atoms with Crippen LogP contribution in [0.15, 0.2) is 53.4 Å². The highest BCUT2D eigenvalue weighted by Crippen LogP contribution is 2.25. The van der Waals surface area contributed by atoms with Gasteiger partial charge in [0.15, 0.2) is 0 Å². The number of carbonyl (C=O) groups excluding carboxylic acids is 1. The minimum atomic E-state index is -3.85. The van der Waals surface area contributed by atoms with Crippen LogP contribution in [0.1, 0.15) is 17.3 Å². The minimum Gasteiger partial charge on any atom is -0.394 e. The first kappa shape index (κ1) is 19.2. The van der Waals surface area contributed by atoms with Crippen LogP contribution in [0.5, 0.6) is 0 Å². The first-order valence-corrected chi connectivity index (χ1v) is 9.34. The lowest BCUT2D eigenvalue weighted by Crippen LogP contribution is -2.35. The molecule has 0 spiro atoms. The van der Waals surface area contributed by atoms with Crippen LogP contribution in [0.3, 0.4) is 0 Å². The Morgan fingerprint density at radius 2 is 1.92 bits per heavy atom. The van der Waals surface area contributed by atoms with Gasteiger partial charge in [-0.05, 0) is 43.3 Å². The number of hydrogen-bond donors (Lipinski definition) is 2. The van der Waals surface area contributed by atoms with Gasteiger partial charge < -0.3 is 10.4 Å². The van der Waals surface area contributed by atoms with Crippen LogP contribution in [-0.4, -0.2) is 39.1 Å². The predicted molar refractivity (Wildman–Crippen MR) is 97.5 cm³/mol. The van der Waals surface area contributed by atoms with Gasteiger partial charge in [-0.1, -0.05) is 23.7 Å². The Balaban J connectivity index is 2.34. The van der Waals surface area contributed by atoms with E-state index in [0.717, 1.165) is 4.31 Å². The molecule has 1 amide bonds. The summed E-state index contributed by atoms with van der Waals surface area (Å²) in [6, 6.07) is 11.8. The molecule has 0 saturated heterocycles. The molecule has 0 radical (unpaired) electrons. The largest absolute Gasteiger partial charge is 0.394 e. The molecule has 6 nitrogen and oxygen atoms in total. The Kier molecular flexibility index (Phi) is 6.05. The van der Waals surface area contributed by atoms with E-state index in [0.29, 0.717) is 10.7 Å². The van der Waals surface area contributed by atoms with Crippen molar-refractivity contribution in [3.63, 3.8) is 0 Å². The molecule has 0 fully saturated rings. The van der Waals surface area contributed by atoms with Crippen LogP contribution >= 0.6 is 11.6 Å². The lowest BCUT2D eigenvalue weighted by molar-refractivity contribution is 0.0922. The van der Waals surface area contributed by atoms with Gasteiger partial charge in [-0.2, -0.15) is 0 Å². The summed E-state index contributed by atoms with van der Waals surface area (Å²) < 4.78 is 26.7. The quantitative estimate of drug-likeness (QED) is 0.802. The van der Waals surface area contributed by atoms with Crippen molar-refractivity contribution < 1.29 is 18.3 Å². The van der Waals surface area contributed by atoms with Gasteiger partial charge in [-0.3, -0.25) is 9.10 Å². The molecule has 1 atom stereocenters. The fourth-order valence-electron chi connectivity index (χ4n) is 2.12. The summed E-state index contributed by atoms with van der Waals surface area (Å²) in [5.74, 6) is -0.455. The lowest BCUT2D eigenvalue weighted by atomic mass is 10.2. The summed E-state index contributed by atoms with van der Waals surface area (Å²) in [6.45, 7) is 1.44. The number of rotatable bonds is 6. The predicted octanol–water partition coefficient (Wildman–Crippen LogP) is 2.28. The van der Waals surface area contributed by atoms with Crippen LogP contribution in [0.2, 0.25) is 5.02 Å². The summed E-state index contributed by atoms with van der Waals surface area (Å²) >= 11 is 5.92. The van der Waals surface area contributed by atoms with E-state index in [2.05, 4.69) is 5.32 Å². The Bertz CT molecular complexity index is 870. The second-order valence-electron chi connectivity index (χ2n) is 5.54. The molecule has 8 heteroatoms. The molecule has 0 aliphatic rings. The highest BCUT2D eigenvalue weighted by atomic mass is 35.5. The molecule has 0 aliphatic heterocycles. The van der Waals surface area contributed by atoms with Crippen LogP contribution in [-0.2, 0) is 10.0 Å². The number of aliphatic hydroxyl groups excluding tert-OH is 1. The average Bonchev–Trinajstić information content (AvgIpc) is 2.60. The van der Waals surface area contributed by atoms with Crippen LogP contribution in [0.25, 0.3) is 0 Å². The maximum atomic E-state index is 12.8. The minimum absolute atomic E-state index is 0.0146. The number of aliphatic hydroxyl groups is 1. The van der Waals surface area contributed by atoms with Crippen molar-refractivity contribution in [2.24, 2.45) is 0 Å². The number of sulfonamides is 1. The number of nitrogens with zero attached hydrogens (tertiary/aromatic N) is 1. The Morgan fingerprint density at radius 3 is 2.56 bits per heavy atom. The van der Waals surface area contributed by atoms with Crippen molar-refractivity contribution in [2.75, 3.05) is 18.0 Å². The molecule has 2 N–H and O–H groups in total. The average molecular weight is 383 g/mol. The van der Waals surface area contributed by atoms with Gasteiger partial charge >= 0.3 is 0 Å². The van der Waals surface area contributed by atoms with Crippen molar-refractivity contribution >= 4 is 33.2 Å². The maximum Gasteiger partial charge on any atom is 0.264 e. The summed E-state index contributed by atoms with van der Waals surface area (Å²) in [7, 11) is -2.44. The van der Waals surface area contributed by atoms with Crippen molar-refractivity contribution in [2.45, 2.75) is 17.9 Å². The summed E-state index contributed by atoms with van der Waals surface area (Å²) in [6.07, 6.45) is 0. The number of anilines is 1.